The highest BCUT2D eigenvalue weighted by Crippen LogP contribution is 2.14. The molecule has 1 saturated heterocycles. The van der Waals surface area contributed by atoms with Crippen LogP contribution in [0, 0.1) is 0 Å². The summed E-state index contributed by atoms with van der Waals surface area (Å²) in [5, 5.41) is 8.92. The molecule has 0 radical (unpaired) electrons. The molecule has 1 aliphatic rings. The van der Waals surface area contributed by atoms with Gasteiger partial charge in [0.1, 0.15) is 6.04 Å². The van der Waals surface area contributed by atoms with Crippen LogP contribution in [0.3, 0.4) is 0 Å². The van der Waals surface area contributed by atoms with E-state index in [1.165, 1.54) is 0 Å². The molecule has 1 atom stereocenters. The number of likely N-dealkylation sites (N-methyl/N-ethyl adjacent to an activating group) is 1. The van der Waals surface area contributed by atoms with E-state index in [4.69, 9.17) is 15.6 Å². The zero-order valence-corrected chi connectivity index (χ0v) is 8.48. The fraction of sp³-hybridized carbons (Fsp3) is 0.889. The van der Waals surface area contributed by atoms with Crippen molar-refractivity contribution in [2.75, 3.05) is 26.8 Å². The summed E-state index contributed by atoms with van der Waals surface area (Å²) >= 11 is 0. The maximum absolute atomic E-state index is 10.9. The number of hydrogen-bond donors (Lipinski definition) is 2. The second-order valence-corrected chi connectivity index (χ2v) is 3.60. The largest absolute Gasteiger partial charge is 0.480 e. The molecule has 1 heterocycles. The molecular weight excluding hydrogens is 184 g/mol. The number of aliphatic carboxylic acids is 1. The Morgan fingerprint density at radius 2 is 2.21 bits per heavy atom. The van der Waals surface area contributed by atoms with Crippen LogP contribution in [0.2, 0.25) is 0 Å². The summed E-state index contributed by atoms with van der Waals surface area (Å²) < 4.78 is 5.22. The van der Waals surface area contributed by atoms with Gasteiger partial charge in [0.25, 0.3) is 0 Å². The highest BCUT2D eigenvalue weighted by Gasteiger charge is 2.28. The molecule has 0 aromatic carbocycles. The van der Waals surface area contributed by atoms with Gasteiger partial charge in [-0.1, -0.05) is 0 Å². The molecule has 0 bridgehead atoms. The number of rotatable bonds is 4. The number of nitrogens with zero attached hydrogens (tertiary/aromatic N) is 1. The Kier molecular flexibility index (Phi) is 4.31. The van der Waals surface area contributed by atoms with Gasteiger partial charge in [-0.25, -0.2) is 0 Å². The first kappa shape index (κ1) is 11.4. The Morgan fingerprint density at radius 3 is 2.64 bits per heavy atom. The third kappa shape index (κ3) is 2.67. The Bertz CT molecular complexity index is 192. The Hall–Kier alpha value is -0.650. The van der Waals surface area contributed by atoms with Crippen LogP contribution in [0.5, 0.6) is 0 Å². The smallest absolute Gasteiger partial charge is 0.322 e. The lowest BCUT2D eigenvalue weighted by atomic mass is 10.1. The summed E-state index contributed by atoms with van der Waals surface area (Å²) in [5.74, 6) is -0.846. The maximum Gasteiger partial charge on any atom is 0.322 e. The molecule has 5 heteroatoms. The minimum absolute atomic E-state index is 0.156. The minimum Gasteiger partial charge on any atom is -0.480 e. The predicted octanol–water partition coefficient (Wildman–Crippen LogP) is -0.491. The molecule has 3 N–H and O–H groups in total. The van der Waals surface area contributed by atoms with Crippen molar-refractivity contribution in [3.63, 3.8) is 0 Å². The lowest BCUT2D eigenvalue weighted by Crippen LogP contribution is -2.50. The number of nitrogens with two attached hydrogens (primary N) is 1. The number of hydrogen-bond acceptors (Lipinski definition) is 4. The molecular formula is C9H18N2O3. The van der Waals surface area contributed by atoms with Crippen LogP contribution in [0.25, 0.3) is 0 Å². The molecule has 1 aliphatic heterocycles. The van der Waals surface area contributed by atoms with Crippen LogP contribution in [0.15, 0.2) is 0 Å². The summed E-state index contributed by atoms with van der Waals surface area (Å²) in [6.07, 6.45) is 1.78. The van der Waals surface area contributed by atoms with Crippen LogP contribution in [0.4, 0.5) is 0 Å². The maximum atomic E-state index is 10.9. The average Bonchev–Trinajstić information content (AvgIpc) is 2.19. The van der Waals surface area contributed by atoms with Crippen LogP contribution < -0.4 is 5.73 Å². The Balaban J connectivity index is 2.51. The van der Waals surface area contributed by atoms with Crippen molar-refractivity contribution >= 4 is 5.97 Å². The zero-order valence-electron chi connectivity index (χ0n) is 8.48. The quantitative estimate of drug-likeness (QED) is 0.643. The normalized spacial score (nSPS) is 21.1. The van der Waals surface area contributed by atoms with E-state index < -0.39 is 12.0 Å². The summed E-state index contributed by atoms with van der Waals surface area (Å²) in [7, 11) is 1.82. The summed E-state index contributed by atoms with van der Waals surface area (Å²) in [6.45, 7) is 1.58. The van der Waals surface area contributed by atoms with E-state index >= 15 is 0 Å². The molecule has 0 aromatic heterocycles. The molecule has 14 heavy (non-hydrogen) atoms. The molecule has 0 aliphatic carbocycles. The fourth-order valence-corrected chi connectivity index (χ4v) is 1.79. The van der Waals surface area contributed by atoms with Crippen LogP contribution in [-0.4, -0.2) is 54.9 Å². The van der Waals surface area contributed by atoms with Gasteiger partial charge in [-0.15, -0.1) is 0 Å². The molecule has 1 fully saturated rings. The van der Waals surface area contributed by atoms with Crippen molar-refractivity contribution in [2.24, 2.45) is 5.73 Å². The molecule has 5 nitrogen and oxygen atoms in total. The molecule has 0 amide bonds. The average molecular weight is 202 g/mol. The monoisotopic (exact) mass is 202 g/mol. The third-order valence-electron chi connectivity index (χ3n) is 2.77. The first-order valence-electron chi connectivity index (χ1n) is 4.89. The first-order valence-corrected chi connectivity index (χ1v) is 4.89. The van der Waals surface area contributed by atoms with Gasteiger partial charge in [0.15, 0.2) is 0 Å². The molecule has 0 saturated carbocycles. The summed E-state index contributed by atoms with van der Waals surface area (Å²) in [5.41, 5.74) is 5.43. The van der Waals surface area contributed by atoms with Gasteiger partial charge < -0.3 is 15.6 Å². The summed E-state index contributed by atoms with van der Waals surface area (Å²) in [6, 6.07) is -0.286. The van der Waals surface area contributed by atoms with Crippen molar-refractivity contribution < 1.29 is 14.6 Å². The van der Waals surface area contributed by atoms with Crippen LogP contribution in [0.1, 0.15) is 12.8 Å². The Morgan fingerprint density at radius 1 is 1.64 bits per heavy atom. The highest BCUT2D eigenvalue weighted by molar-refractivity contribution is 5.73. The van der Waals surface area contributed by atoms with Crippen molar-refractivity contribution in [2.45, 2.75) is 24.9 Å². The fourth-order valence-electron chi connectivity index (χ4n) is 1.79. The first-order chi connectivity index (χ1) is 6.66. The van der Waals surface area contributed by atoms with E-state index in [0.717, 1.165) is 12.8 Å². The van der Waals surface area contributed by atoms with Crippen LogP contribution in [-0.2, 0) is 9.53 Å². The number of carboxylic acids is 1. The molecule has 0 spiro atoms. The Labute approximate surface area is 83.8 Å². The highest BCUT2D eigenvalue weighted by atomic mass is 16.5. The van der Waals surface area contributed by atoms with E-state index in [0.29, 0.717) is 13.2 Å². The van der Waals surface area contributed by atoms with Gasteiger partial charge >= 0.3 is 5.97 Å². The zero-order chi connectivity index (χ0) is 10.6. The number of carbonyl (C=O) groups is 1. The van der Waals surface area contributed by atoms with E-state index in [9.17, 15) is 4.79 Å². The molecule has 82 valence electrons. The standard InChI is InChI=1S/C9H18N2O3/c1-11(8(6-10)9(12)13)7-2-4-14-5-3-7/h7-8H,2-6,10H2,1H3,(H,12,13). The van der Waals surface area contributed by atoms with Crippen molar-refractivity contribution in [3.8, 4) is 0 Å². The van der Waals surface area contributed by atoms with Gasteiger partial charge in [-0.05, 0) is 19.9 Å². The third-order valence-corrected chi connectivity index (χ3v) is 2.77. The van der Waals surface area contributed by atoms with E-state index in [2.05, 4.69) is 0 Å². The molecule has 1 rings (SSSR count). The lowest BCUT2D eigenvalue weighted by Gasteiger charge is -2.34. The number of ether oxygens (including phenoxy) is 1. The van der Waals surface area contributed by atoms with E-state index in [-0.39, 0.29) is 12.6 Å². The van der Waals surface area contributed by atoms with Crippen molar-refractivity contribution in [1.29, 1.82) is 0 Å². The molecule has 1 unspecified atom stereocenters. The van der Waals surface area contributed by atoms with E-state index in [1.54, 1.807) is 0 Å². The number of carboxylic acid groups (broad SMARTS) is 1. The van der Waals surface area contributed by atoms with Crippen molar-refractivity contribution in [1.82, 2.24) is 4.90 Å². The van der Waals surface area contributed by atoms with Gasteiger partial charge in [-0.3, -0.25) is 9.69 Å². The van der Waals surface area contributed by atoms with Gasteiger partial charge in [0.05, 0.1) is 0 Å². The summed E-state index contributed by atoms with van der Waals surface area (Å²) in [4.78, 5) is 12.7. The predicted molar refractivity (Wildman–Crippen MR) is 52.1 cm³/mol. The van der Waals surface area contributed by atoms with Gasteiger partial charge in [0.2, 0.25) is 0 Å². The second-order valence-electron chi connectivity index (χ2n) is 3.60. The van der Waals surface area contributed by atoms with Crippen molar-refractivity contribution in [3.05, 3.63) is 0 Å². The molecule has 0 aromatic rings. The minimum atomic E-state index is -0.846. The van der Waals surface area contributed by atoms with Gasteiger partial charge in [-0.2, -0.15) is 0 Å². The second kappa shape index (κ2) is 5.29. The lowest BCUT2D eigenvalue weighted by molar-refractivity contribution is -0.144. The SMILES string of the molecule is CN(C1CCOCC1)C(CN)C(=O)O. The topological polar surface area (TPSA) is 75.8 Å². The van der Waals surface area contributed by atoms with E-state index in [1.807, 2.05) is 11.9 Å². The van der Waals surface area contributed by atoms with Crippen LogP contribution >= 0.6 is 0 Å². The van der Waals surface area contributed by atoms with Gasteiger partial charge in [0, 0.05) is 25.8 Å².